The van der Waals surface area contributed by atoms with Gasteiger partial charge in [0.2, 0.25) is 5.91 Å². The van der Waals surface area contributed by atoms with Gasteiger partial charge in [0.05, 0.1) is 4.90 Å². The normalized spacial score (nSPS) is 16.7. The summed E-state index contributed by atoms with van der Waals surface area (Å²) in [5, 5.41) is 2.78. The average molecular weight is 432 g/mol. The Hall–Kier alpha value is -2.65. The fraction of sp³-hybridized carbons (Fsp3) is 0.250. The second kappa shape index (κ2) is 8.79. The monoisotopic (exact) mass is 431 g/mol. The van der Waals surface area contributed by atoms with E-state index in [2.05, 4.69) is 15.0 Å². The van der Waals surface area contributed by atoms with Gasteiger partial charge in [-0.2, -0.15) is 11.8 Å². The number of fused-ring (bicyclic) bond motifs is 1. The van der Waals surface area contributed by atoms with Crippen molar-refractivity contribution in [3.8, 4) is 0 Å². The largest absolute Gasteiger partial charge is 0.324 e. The summed E-state index contributed by atoms with van der Waals surface area (Å²) in [5.41, 5.74) is 1.43. The van der Waals surface area contributed by atoms with Crippen LogP contribution in [0, 0.1) is 0 Å². The van der Waals surface area contributed by atoms with E-state index in [-0.39, 0.29) is 22.4 Å². The Balaban J connectivity index is 1.89. The van der Waals surface area contributed by atoms with Crippen LogP contribution in [0.15, 0.2) is 58.4 Å². The Morgan fingerprint density at radius 1 is 1.17 bits per heavy atom. The maximum Gasteiger partial charge on any atom is 0.263 e. The van der Waals surface area contributed by atoms with Gasteiger partial charge in [0.1, 0.15) is 11.9 Å². The molecule has 0 radical (unpaired) electrons. The Morgan fingerprint density at radius 2 is 1.93 bits per heavy atom. The summed E-state index contributed by atoms with van der Waals surface area (Å²) in [4.78, 5) is 29.0. The van der Waals surface area contributed by atoms with Crippen LogP contribution in [0.3, 0.4) is 0 Å². The van der Waals surface area contributed by atoms with Gasteiger partial charge in [-0.15, -0.1) is 0 Å². The highest BCUT2D eigenvalue weighted by atomic mass is 32.2. The lowest BCUT2D eigenvalue weighted by molar-refractivity contribution is -0.117. The van der Waals surface area contributed by atoms with Gasteiger partial charge >= 0.3 is 0 Å². The molecule has 29 heavy (non-hydrogen) atoms. The number of carbonyl (C=O) groups excluding carboxylic acids is 2. The van der Waals surface area contributed by atoms with Crippen molar-refractivity contribution in [3.05, 3.63) is 59.7 Å². The smallest absolute Gasteiger partial charge is 0.263 e. The van der Waals surface area contributed by atoms with Gasteiger partial charge in [-0.05, 0) is 49.6 Å². The van der Waals surface area contributed by atoms with Crippen molar-refractivity contribution in [2.24, 2.45) is 4.99 Å². The molecule has 0 fully saturated rings. The number of hydrogen-bond acceptors (Lipinski definition) is 6. The first-order valence-electron chi connectivity index (χ1n) is 8.92. The highest BCUT2D eigenvalue weighted by Gasteiger charge is 2.31. The number of nitrogens with one attached hydrogen (secondary N) is 2. The molecule has 3 rings (SSSR count). The van der Waals surface area contributed by atoms with Crippen LogP contribution in [-0.4, -0.2) is 44.0 Å². The van der Waals surface area contributed by atoms with Crippen molar-refractivity contribution >= 4 is 45.0 Å². The number of carbonyl (C=O) groups is 2. The Morgan fingerprint density at radius 3 is 2.66 bits per heavy atom. The van der Waals surface area contributed by atoms with Crippen LogP contribution in [0.4, 0.5) is 5.69 Å². The van der Waals surface area contributed by atoms with Crippen molar-refractivity contribution in [1.82, 2.24) is 4.72 Å². The maximum absolute atomic E-state index is 12.9. The fourth-order valence-corrected chi connectivity index (χ4v) is 4.61. The van der Waals surface area contributed by atoms with Crippen molar-refractivity contribution in [3.63, 3.8) is 0 Å². The quantitative estimate of drug-likeness (QED) is 0.656. The number of benzene rings is 2. The summed E-state index contributed by atoms with van der Waals surface area (Å²) >= 11 is 1.57. The predicted molar refractivity (Wildman–Crippen MR) is 115 cm³/mol. The molecule has 152 valence electrons. The summed E-state index contributed by atoms with van der Waals surface area (Å²) in [6, 6.07) is 12.4. The molecule has 0 bridgehead atoms. The third kappa shape index (κ3) is 4.86. The molecule has 7 nitrogen and oxygen atoms in total. The minimum absolute atomic E-state index is 0.0998. The molecule has 0 saturated carbocycles. The summed E-state index contributed by atoms with van der Waals surface area (Å²) in [6.07, 6.45) is 2.36. The Bertz CT molecular complexity index is 1080. The Labute approximate surface area is 174 Å². The average Bonchev–Trinajstić information content (AvgIpc) is 2.95. The topological polar surface area (TPSA) is 105 Å². The molecular weight excluding hydrogens is 410 g/mol. The van der Waals surface area contributed by atoms with E-state index in [1.165, 1.54) is 13.0 Å². The zero-order valence-electron chi connectivity index (χ0n) is 16.0. The molecule has 2 N–H and O–H groups in total. The van der Waals surface area contributed by atoms with E-state index in [1.807, 2.05) is 6.26 Å². The van der Waals surface area contributed by atoms with E-state index in [0.717, 1.165) is 0 Å². The number of nitrogens with zero attached hydrogens (tertiary/aromatic N) is 1. The minimum atomic E-state index is -3.68. The highest BCUT2D eigenvalue weighted by molar-refractivity contribution is 7.98. The molecule has 9 heteroatoms. The molecule has 0 saturated heterocycles. The summed E-state index contributed by atoms with van der Waals surface area (Å²) < 4.78 is 27.0. The lowest BCUT2D eigenvalue weighted by Crippen LogP contribution is -2.31. The molecule has 1 aliphatic heterocycles. The summed E-state index contributed by atoms with van der Waals surface area (Å²) in [5.74, 6) is 0.379. The molecule has 1 atom stereocenters. The van der Waals surface area contributed by atoms with E-state index in [4.69, 9.17) is 0 Å². The number of hydrogen-bond donors (Lipinski definition) is 2. The molecule has 0 spiro atoms. The molecule has 0 unspecified atom stereocenters. The van der Waals surface area contributed by atoms with Gasteiger partial charge in [0, 0.05) is 16.8 Å². The van der Waals surface area contributed by atoms with Crippen LogP contribution >= 0.6 is 11.8 Å². The zero-order chi connectivity index (χ0) is 21.0. The first kappa shape index (κ1) is 21.1. The highest BCUT2D eigenvalue weighted by Crippen LogP contribution is 2.23. The maximum atomic E-state index is 12.9. The summed E-state index contributed by atoms with van der Waals surface area (Å²) in [7, 11) is -3.68. The predicted octanol–water partition coefficient (Wildman–Crippen LogP) is 2.69. The van der Waals surface area contributed by atoms with Gasteiger partial charge in [-0.25, -0.2) is 8.42 Å². The first-order chi connectivity index (χ1) is 13.8. The van der Waals surface area contributed by atoms with Gasteiger partial charge in [0.15, 0.2) is 5.78 Å². The lowest BCUT2D eigenvalue weighted by atomic mass is 10.1. The molecule has 2 aromatic rings. The van der Waals surface area contributed by atoms with Crippen molar-refractivity contribution in [2.75, 3.05) is 17.3 Å². The molecule has 0 aromatic heterocycles. The van der Waals surface area contributed by atoms with E-state index in [9.17, 15) is 18.0 Å². The minimum Gasteiger partial charge on any atom is -0.324 e. The van der Waals surface area contributed by atoms with Crippen LogP contribution in [0.1, 0.15) is 29.3 Å². The third-order valence-corrected chi connectivity index (χ3v) is 6.42. The third-order valence-electron chi connectivity index (χ3n) is 4.38. The fourth-order valence-electron chi connectivity index (χ4n) is 2.91. The SMILES string of the molecule is CSCC[C@H](N=C1NS(=O)(=O)c2ccccc21)C(=O)Nc1cccc(C(C)=O)c1. The van der Waals surface area contributed by atoms with Gasteiger partial charge < -0.3 is 5.32 Å². The molecular formula is C20H21N3O4S2. The molecule has 1 aliphatic rings. The second-order valence-corrected chi connectivity index (χ2v) is 9.14. The number of thioether (sulfide) groups is 1. The number of aliphatic imine (C=N–C) groups is 1. The van der Waals surface area contributed by atoms with Crippen LogP contribution in [0.2, 0.25) is 0 Å². The van der Waals surface area contributed by atoms with Crippen molar-refractivity contribution in [1.29, 1.82) is 0 Å². The van der Waals surface area contributed by atoms with Crippen LogP contribution in [-0.2, 0) is 14.8 Å². The van der Waals surface area contributed by atoms with Crippen LogP contribution in [0.25, 0.3) is 0 Å². The molecule has 0 aliphatic carbocycles. The van der Waals surface area contributed by atoms with E-state index in [0.29, 0.717) is 29.0 Å². The molecule has 2 aromatic carbocycles. The zero-order valence-corrected chi connectivity index (χ0v) is 17.6. The standard InChI is InChI=1S/C20H21N3O4S2/c1-13(24)14-6-5-7-15(12-14)21-20(25)17(10-11-28-2)22-19-16-8-3-4-9-18(16)29(26,27)23-19/h3-9,12,17H,10-11H2,1-2H3,(H,21,25)(H,22,23)/t17-/m0/s1. The van der Waals surface area contributed by atoms with E-state index >= 15 is 0 Å². The number of amides is 1. The van der Waals surface area contributed by atoms with E-state index < -0.39 is 16.1 Å². The first-order valence-corrected chi connectivity index (χ1v) is 11.8. The number of amidine groups is 1. The molecule has 1 heterocycles. The number of rotatable bonds is 7. The Kier molecular flexibility index (Phi) is 6.39. The van der Waals surface area contributed by atoms with Crippen LogP contribution in [0.5, 0.6) is 0 Å². The van der Waals surface area contributed by atoms with Crippen molar-refractivity contribution in [2.45, 2.75) is 24.3 Å². The summed E-state index contributed by atoms with van der Waals surface area (Å²) in [6.45, 7) is 1.46. The second-order valence-electron chi connectivity index (χ2n) is 6.50. The van der Waals surface area contributed by atoms with Crippen LogP contribution < -0.4 is 10.0 Å². The lowest BCUT2D eigenvalue weighted by Gasteiger charge is -2.14. The number of Topliss-reactive ketones (excluding diaryl/α,β-unsaturated/α-hetero) is 1. The van der Waals surface area contributed by atoms with Gasteiger partial charge in [-0.1, -0.05) is 24.3 Å². The number of anilines is 1. The van der Waals surface area contributed by atoms with E-state index in [1.54, 1.807) is 54.2 Å². The number of ketones is 1. The van der Waals surface area contributed by atoms with Gasteiger partial charge in [-0.3, -0.25) is 19.3 Å². The molecule has 1 amide bonds. The number of sulfonamides is 1. The van der Waals surface area contributed by atoms with Crippen molar-refractivity contribution < 1.29 is 18.0 Å². The van der Waals surface area contributed by atoms with Gasteiger partial charge in [0.25, 0.3) is 10.0 Å².